The van der Waals surface area contributed by atoms with E-state index in [9.17, 15) is 9.18 Å². The van der Waals surface area contributed by atoms with E-state index in [2.05, 4.69) is 15.5 Å². The Morgan fingerprint density at radius 3 is 3.16 bits per heavy atom. The zero-order chi connectivity index (χ0) is 17.2. The average molecular weight is 357 g/mol. The molecule has 1 aliphatic rings. The van der Waals surface area contributed by atoms with E-state index >= 15 is 0 Å². The highest BCUT2D eigenvalue weighted by Gasteiger charge is 2.25. The summed E-state index contributed by atoms with van der Waals surface area (Å²) < 4.78 is 19.6. The van der Waals surface area contributed by atoms with Gasteiger partial charge < -0.3 is 10.1 Å². The molecule has 1 unspecified atom stereocenters. The molecule has 4 rings (SSSR count). The van der Waals surface area contributed by atoms with Gasteiger partial charge in [0.15, 0.2) is 11.6 Å². The predicted octanol–water partition coefficient (Wildman–Crippen LogP) is 3.92. The molecule has 2 N–H and O–H groups in total. The monoisotopic (exact) mass is 357 g/mol. The van der Waals surface area contributed by atoms with Gasteiger partial charge in [-0.1, -0.05) is 12.1 Å². The number of carbonyl (C=O) groups excluding carboxylic acids is 1. The number of fused-ring (bicyclic) bond motifs is 1. The average Bonchev–Trinajstić information content (AvgIpc) is 3.25. The molecule has 1 aromatic carbocycles. The third kappa shape index (κ3) is 3.02. The van der Waals surface area contributed by atoms with E-state index in [1.54, 1.807) is 23.5 Å². The molecule has 7 heteroatoms. The number of para-hydroxylation sites is 1. The van der Waals surface area contributed by atoms with Gasteiger partial charge in [-0.3, -0.25) is 9.89 Å². The number of carbonyl (C=O) groups is 1. The van der Waals surface area contributed by atoms with Gasteiger partial charge in [0.1, 0.15) is 0 Å². The van der Waals surface area contributed by atoms with E-state index < -0.39 is 5.82 Å². The molecule has 25 heavy (non-hydrogen) atoms. The topological polar surface area (TPSA) is 67.0 Å². The Hall–Kier alpha value is -2.67. The molecule has 3 heterocycles. The standard InChI is InChI=1S/C18H16FN3O2S/c19-14-4-1-3-12-15(5-2-7-24-17(12)14)21-18(23)13-9-20-22-16(13)11-6-8-25-10-11/h1,3-4,6,8-10,15H,2,5,7H2,(H,20,22)(H,21,23). The molecule has 0 aliphatic carbocycles. The fourth-order valence-corrected chi connectivity index (χ4v) is 3.69. The van der Waals surface area contributed by atoms with Crippen molar-refractivity contribution in [1.29, 1.82) is 0 Å². The molecule has 1 amide bonds. The minimum absolute atomic E-state index is 0.232. The zero-order valence-corrected chi connectivity index (χ0v) is 14.1. The van der Waals surface area contributed by atoms with Gasteiger partial charge in [0.05, 0.1) is 30.1 Å². The van der Waals surface area contributed by atoms with Crippen LogP contribution in [0.5, 0.6) is 5.75 Å². The number of rotatable bonds is 3. The molecule has 0 saturated heterocycles. The second-order valence-electron chi connectivity index (χ2n) is 5.85. The van der Waals surface area contributed by atoms with E-state index in [-0.39, 0.29) is 17.7 Å². The summed E-state index contributed by atoms with van der Waals surface area (Å²) in [6.45, 7) is 0.437. The lowest BCUT2D eigenvalue weighted by Crippen LogP contribution is -2.28. The maximum Gasteiger partial charge on any atom is 0.255 e. The van der Waals surface area contributed by atoms with Gasteiger partial charge in [-0.2, -0.15) is 16.4 Å². The minimum Gasteiger partial charge on any atom is -0.490 e. The Morgan fingerprint density at radius 1 is 1.40 bits per heavy atom. The van der Waals surface area contributed by atoms with Crippen LogP contribution in [-0.2, 0) is 0 Å². The number of H-pyrrole nitrogens is 1. The van der Waals surface area contributed by atoms with Crippen molar-refractivity contribution >= 4 is 17.2 Å². The van der Waals surface area contributed by atoms with Crippen molar-refractivity contribution in [2.75, 3.05) is 6.61 Å². The Morgan fingerprint density at radius 2 is 2.32 bits per heavy atom. The highest BCUT2D eigenvalue weighted by molar-refractivity contribution is 7.08. The van der Waals surface area contributed by atoms with Crippen LogP contribution in [0.4, 0.5) is 4.39 Å². The van der Waals surface area contributed by atoms with Crippen molar-refractivity contribution in [3.05, 3.63) is 58.2 Å². The lowest BCUT2D eigenvalue weighted by molar-refractivity contribution is 0.0935. The third-order valence-electron chi connectivity index (χ3n) is 4.26. The van der Waals surface area contributed by atoms with Gasteiger partial charge in [-0.05, 0) is 30.4 Å². The fraction of sp³-hybridized carbons (Fsp3) is 0.222. The summed E-state index contributed by atoms with van der Waals surface area (Å²) in [5.74, 6) is -0.409. The number of aromatic amines is 1. The van der Waals surface area contributed by atoms with E-state index in [4.69, 9.17) is 4.74 Å². The molecular formula is C18H16FN3O2S. The van der Waals surface area contributed by atoms with E-state index in [1.807, 2.05) is 16.8 Å². The molecule has 3 aromatic rings. The van der Waals surface area contributed by atoms with E-state index in [0.717, 1.165) is 12.0 Å². The van der Waals surface area contributed by atoms with Crippen molar-refractivity contribution in [2.45, 2.75) is 18.9 Å². The number of hydrogen-bond acceptors (Lipinski definition) is 4. The summed E-state index contributed by atoms with van der Waals surface area (Å²) in [5.41, 5.74) is 2.75. The first-order valence-electron chi connectivity index (χ1n) is 8.02. The summed E-state index contributed by atoms with van der Waals surface area (Å²) in [6.07, 6.45) is 2.94. The number of aromatic nitrogens is 2. The zero-order valence-electron chi connectivity index (χ0n) is 13.3. The van der Waals surface area contributed by atoms with Gasteiger partial charge >= 0.3 is 0 Å². The number of nitrogens with one attached hydrogen (secondary N) is 2. The molecule has 0 radical (unpaired) electrons. The summed E-state index contributed by atoms with van der Waals surface area (Å²) in [5, 5.41) is 13.8. The highest BCUT2D eigenvalue weighted by atomic mass is 32.1. The summed E-state index contributed by atoms with van der Waals surface area (Å²) in [7, 11) is 0. The van der Waals surface area contributed by atoms with Crippen LogP contribution < -0.4 is 10.1 Å². The summed E-state index contributed by atoms with van der Waals surface area (Å²) in [6, 6.07) is 6.43. The molecule has 0 bridgehead atoms. The normalized spacial score (nSPS) is 16.6. The van der Waals surface area contributed by atoms with Crippen LogP contribution >= 0.6 is 11.3 Å². The maximum atomic E-state index is 14.0. The van der Waals surface area contributed by atoms with Gasteiger partial charge in [-0.15, -0.1) is 0 Å². The van der Waals surface area contributed by atoms with E-state index in [1.165, 1.54) is 12.3 Å². The Kier molecular flexibility index (Phi) is 4.23. The van der Waals surface area contributed by atoms with Crippen molar-refractivity contribution in [2.24, 2.45) is 0 Å². The summed E-state index contributed by atoms with van der Waals surface area (Å²) in [4.78, 5) is 12.8. The largest absolute Gasteiger partial charge is 0.490 e. The molecule has 1 atom stereocenters. The first-order valence-corrected chi connectivity index (χ1v) is 8.96. The van der Waals surface area contributed by atoms with Crippen molar-refractivity contribution in [3.8, 4) is 17.0 Å². The highest BCUT2D eigenvalue weighted by Crippen LogP contribution is 2.34. The van der Waals surface area contributed by atoms with Crippen molar-refractivity contribution in [3.63, 3.8) is 0 Å². The number of halogens is 1. The number of amides is 1. The SMILES string of the molecule is O=C(NC1CCCOc2c(F)cccc21)c1cn[nH]c1-c1ccsc1. The van der Waals surface area contributed by atoms with Gasteiger partial charge in [0.2, 0.25) is 0 Å². The molecule has 2 aromatic heterocycles. The first-order chi connectivity index (χ1) is 12.2. The van der Waals surface area contributed by atoms with Crippen LogP contribution in [0.3, 0.4) is 0 Å². The van der Waals surface area contributed by atoms with Crippen LogP contribution in [-0.4, -0.2) is 22.7 Å². The van der Waals surface area contributed by atoms with Gasteiger partial charge in [0, 0.05) is 16.5 Å². The summed E-state index contributed by atoms with van der Waals surface area (Å²) >= 11 is 1.55. The van der Waals surface area contributed by atoms with Crippen LogP contribution in [0.2, 0.25) is 0 Å². The molecule has 0 saturated carbocycles. The Bertz CT molecular complexity index is 892. The van der Waals surface area contributed by atoms with Crippen LogP contribution in [0, 0.1) is 5.82 Å². The lowest BCUT2D eigenvalue weighted by Gasteiger charge is -2.18. The fourth-order valence-electron chi connectivity index (χ4n) is 3.04. The lowest BCUT2D eigenvalue weighted by atomic mass is 10.0. The number of nitrogens with zero attached hydrogens (tertiary/aromatic N) is 1. The van der Waals surface area contributed by atoms with Gasteiger partial charge in [0.25, 0.3) is 5.91 Å². The second kappa shape index (κ2) is 6.68. The smallest absolute Gasteiger partial charge is 0.255 e. The second-order valence-corrected chi connectivity index (χ2v) is 6.63. The van der Waals surface area contributed by atoms with E-state index in [0.29, 0.717) is 29.8 Å². The van der Waals surface area contributed by atoms with Crippen molar-refractivity contribution in [1.82, 2.24) is 15.5 Å². The van der Waals surface area contributed by atoms with Crippen molar-refractivity contribution < 1.29 is 13.9 Å². The first kappa shape index (κ1) is 15.8. The van der Waals surface area contributed by atoms with Crippen LogP contribution in [0.1, 0.15) is 34.8 Å². The molecule has 0 fully saturated rings. The number of benzene rings is 1. The third-order valence-corrected chi connectivity index (χ3v) is 4.94. The van der Waals surface area contributed by atoms with Crippen LogP contribution in [0.25, 0.3) is 11.3 Å². The molecule has 1 aliphatic heterocycles. The Labute approximate surface area is 147 Å². The molecular weight excluding hydrogens is 341 g/mol. The van der Waals surface area contributed by atoms with Gasteiger partial charge in [-0.25, -0.2) is 4.39 Å². The molecule has 128 valence electrons. The number of hydrogen-bond donors (Lipinski definition) is 2. The minimum atomic E-state index is -0.402. The maximum absolute atomic E-state index is 14.0. The predicted molar refractivity (Wildman–Crippen MR) is 93.2 cm³/mol. The quantitative estimate of drug-likeness (QED) is 0.747. The molecule has 5 nitrogen and oxygen atoms in total. The number of thiophene rings is 1. The number of ether oxygens (including phenoxy) is 1. The molecule has 0 spiro atoms. The van der Waals surface area contributed by atoms with Crippen LogP contribution in [0.15, 0.2) is 41.2 Å². The Balaban J connectivity index is 1.62.